The van der Waals surface area contributed by atoms with Gasteiger partial charge < -0.3 is 4.98 Å². The van der Waals surface area contributed by atoms with Crippen molar-refractivity contribution in [2.45, 2.75) is 6.92 Å². The van der Waals surface area contributed by atoms with Crippen molar-refractivity contribution in [3.63, 3.8) is 0 Å². The Hall–Kier alpha value is -0.800. The second kappa shape index (κ2) is 3.75. The summed E-state index contributed by atoms with van der Waals surface area (Å²) in [6.07, 6.45) is 1.80. The molecule has 0 fully saturated rings. The van der Waals surface area contributed by atoms with Crippen LogP contribution in [0.5, 0.6) is 0 Å². The first kappa shape index (κ1) is 9.74. The van der Waals surface area contributed by atoms with Gasteiger partial charge in [-0.15, -0.1) is 0 Å². The summed E-state index contributed by atoms with van der Waals surface area (Å²) in [5.41, 5.74) is 1.95. The van der Waals surface area contributed by atoms with Crippen molar-refractivity contribution in [2.75, 3.05) is 0 Å². The molecule has 1 N–H and O–H groups in total. The Morgan fingerprint density at radius 2 is 2.36 bits per heavy atom. The van der Waals surface area contributed by atoms with Crippen LogP contribution in [0.25, 0.3) is 17.1 Å². The van der Waals surface area contributed by atoms with Crippen LogP contribution in [-0.2, 0) is 0 Å². The first-order valence-corrected chi connectivity index (χ1v) is 5.31. The van der Waals surface area contributed by atoms with Crippen molar-refractivity contribution < 1.29 is 0 Å². The maximum absolute atomic E-state index is 5.76. The number of aromatic amines is 1. The third-order valence-corrected chi connectivity index (χ3v) is 2.40. The van der Waals surface area contributed by atoms with E-state index in [1.54, 1.807) is 6.08 Å². The highest BCUT2D eigenvalue weighted by Gasteiger charge is 2.00. The fourth-order valence-corrected chi connectivity index (χ4v) is 1.72. The smallest absolute Gasteiger partial charge is 0.132 e. The minimum atomic E-state index is 0.711. The molecule has 1 heterocycles. The minimum absolute atomic E-state index is 0.711. The van der Waals surface area contributed by atoms with Crippen LogP contribution in [0.2, 0.25) is 0 Å². The van der Waals surface area contributed by atoms with Crippen molar-refractivity contribution in [3.8, 4) is 0 Å². The lowest BCUT2D eigenvalue weighted by Crippen LogP contribution is -1.73. The fraction of sp³-hybridized carbons (Fsp3) is 0.100. The zero-order chi connectivity index (χ0) is 10.1. The van der Waals surface area contributed by atoms with Crippen molar-refractivity contribution in [1.29, 1.82) is 0 Å². The van der Waals surface area contributed by atoms with E-state index in [-0.39, 0.29) is 0 Å². The number of allylic oxidation sites excluding steroid dienone is 1. The SMILES string of the molecule is C/C(Cl)=C/c1nc2ccc(Br)cc2[nH]1. The van der Waals surface area contributed by atoms with Crippen molar-refractivity contribution in [3.05, 3.63) is 33.5 Å². The van der Waals surface area contributed by atoms with Gasteiger partial charge in [0, 0.05) is 9.51 Å². The Labute approximate surface area is 95.1 Å². The summed E-state index contributed by atoms with van der Waals surface area (Å²) < 4.78 is 1.03. The molecule has 0 aliphatic carbocycles. The molecule has 0 aliphatic heterocycles. The van der Waals surface area contributed by atoms with Crippen molar-refractivity contribution >= 4 is 44.6 Å². The number of fused-ring (bicyclic) bond motifs is 1. The van der Waals surface area contributed by atoms with Gasteiger partial charge in [-0.3, -0.25) is 0 Å². The molecule has 14 heavy (non-hydrogen) atoms. The number of H-pyrrole nitrogens is 1. The van der Waals surface area contributed by atoms with Gasteiger partial charge in [0.15, 0.2) is 0 Å². The van der Waals surface area contributed by atoms with Gasteiger partial charge in [0.25, 0.3) is 0 Å². The zero-order valence-electron chi connectivity index (χ0n) is 7.51. The Morgan fingerprint density at radius 1 is 1.57 bits per heavy atom. The summed E-state index contributed by atoms with van der Waals surface area (Å²) in [5.74, 6) is 0.783. The van der Waals surface area contributed by atoms with Crippen LogP contribution in [0.15, 0.2) is 27.7 Å². The number of imidazole rings is 1. The van der Waals surface area contributed by atoms with Crippen LogP contribution in [0.4, 0.5) is 0 Å². The molecule has 2 nitrogen and oxygen atoms in total. The molecule has 0 saturated carbocycles. The molecule has 0 unspecified atom stereocenters. The van der Waals surface area contributed by atoms with Gasteiger partial charge in [-0.2, -0.15) is 0 Å². The van der Waals surface area contributed by atoms with E-state index >= 15 is 0 Å². The molecular weight excluding hydrogens is 263 g/mol. The molecule has 4 heteroatoms. The summed E-state index contributed by atoms with van der Waals surface area (Å²) in [6, 6.07) is 5.91. The lowest BCUT2D eigenvalue weighted by molar-refractivity contribution is 1.29. The summed E-state index contributed by atoms with van der Waals surface area (Å²) in [6.45, 7) is 1.82. The number of aromatic nitrogens is 2. The topological polar surface area (TPSA) is 28.7 Å². The highest BCUT2D eigenvalue weighted by atomic mass is 79.9. The lowest BCUT2D eigenvalue weighted by atomic mass is 10.3. The Balaban J connectivity index is 2.57. The fourth-order valence-electron chi connectivity index (χ4n) is 1.26. The van der Waals surface area contributed by atoms with Gasteiger partial charge >= 0.3 is 0 Å². The van der Waals surface area contributed by atoms with E-state index in [0.29, 0.717) is 5.03 Å². The molecule has 0 atom stereocenters. The van der Waals surface area contributed by atoms with Crippen molar-refractivity contribution in [1.82, 2.24) is 9.97 Å². The Morgan fingerprint density at radius 3 is 3.07 bits per heavy atom. The standard InChI is InChI=1S/C10H8BrClN2/c1-6(12)4-10-13-8-3-2-7(11)5-9(8)14-10/h2-5H,1H3,(H,13,14)/b6-4-. The van der Waals surface area contributed by atoms with E-state index in [1.807, 2.05) is 25.1 Å². The van der Waals surface area contributed by atoms with Crippen LogP contribution in [-0.4, -0.2) is 9.97 Å². The highest BCUT2D eigenvalue weighted by Crippen LogP contribution is 2.18. The molecule has 2 rings (SSSR count). The number of hydrogen-bond donors (Lipinski definition) is 1. The average molecular weight is 272 g/mol. The maximum Gasteiger partial charge on any atom is 0.132 e. The molecule has 0 bridgehead atoms. The summed E-state index contributed by atoms with van der Waals surface area (Å²) in [5, 5.41) is 0.711. The highest BCUT2D eigenvalue weighted by molar-refractivity contribution is 9.10. The summed E-state index contributed by atoms with van der Waals surface area (Å²) in [7, 11) is 0. The quantitative estimate of drug-likeness (QED) is 0.836. The largest absolute Gasteiger partial charge is 0.338 e. The van der Waals surface area contributed by atoms with Gasteiger partial charge in [0.05, 0.1) is 11.0 Å². The van der Waals surface area contributed by atoms with E-state index in [9.17, 15) is 0 Å². The van der Waals surface area contributed by atoms with Crippen LogP contribution >= 0.6 is 27.5 Å². The van der Waals surface area contributed by atoms with E-state index in [0.717, 1.165) is 21.3 Å². The normalized spacial score (nSPS) is 12.4. The predicted octanol–water partition coefficient (Wildman–Crippen LogP) is 3.93. The lowest BCUT2D eigenvalue weighted by Gasteiger charge is -1.87. The third-order valence-electron chi connectivity index (χ3n) is 1.80. The summed E-state index contributed by atoms with van der Waals surface area (Å²) in [4.78, 5) is 7.52. The predicted molar refractivity (Wildman–Crippen MR) is 63.3 cm³/mol. The van der Waals surface area contributed by atoms with Crippen LogP contribution in [0.3, 0.4) is 0 Å². The molecule has 0 amide bonds. The van der Waals surface area contributed by atoms with Gasteiger partial charge in [0.1, 0.15) is 5.82 Å². The molecule has 0 saturated heterocycles. The minimum Gasteiger partial charge on any atom is -0.338 e. The first-order chi connectivity index (χ1) is 6.65. The Kier molecular flexibility index (Phi) is 2.61. The van der Waals surface area contributed by atoms with Crippen molar-refractivity contribution in [2.24, 2.45) is 0 Å². The second-order valence-corrected chi connectivity index (χ2v) is 4.53. The molecular formula is C10H8BrClN2. The van der Waals surface area contributed by atoms with Crippen LogP contribution < -0.4 is 0 Å². The molecule has 1 aromatic heterocycles. The van der Waals surface area contributed by atoms with E-state index in [2.05, 4.69) is 25.9 Å². The molecule has 0 radical (unpaired) electrons. The number of halogens is 2. The van der Waals surface area contributed by atoms with Gasteiger partial charge in [-0.1, -0.05) is 27.5 Å². The number of nitrogens with zero attached hydrogens (tertiary/aromatic N) is 1. The van der Waals surface area contributed by atoms with Crippen LogP contribution in [0.1, 0.15) is 12.7 Å². The molecule has 2 aromatic rings. The first-order valence-electron chi connectivity index (χ1n) is 4.14. The molecule has 1 aromatic carbocycles. The van der Waals surface area contributed by atoms with E-state index in [1.165, 1.54) is 0 Å². The van der Waals surface area contributed by atoms with E-state index in [4.69, 9.17) is 11.6 Å². The number of nitrogens with one attached hydrogen (secondary N) is 1. The van der Waals surface area contributed by atoms with Gasteiger partial charge in [0.2, 0.25) is 0 Å². The molecule has 0 spiro atoms. The number of hydrogen-bond acceptors (Lipinski definition) is 1. The van der Waals surface area contributed by atoms with Crippen LogP contribution in [0, 0.1) is 0 Å². The van der Waals surface area contributed by atoms with Gasteiger partial charge in [-0.05, 0) is 31.2 Å². The summed E-state index contributed by atoms with van der Waals surface area (Å²) >= 11 is 9.17. The Bertz CT molecular complexity index is 498. The van der Waals surface area contributed by atoms with Gasteiger partial charge in [-0.25, -0.2) is 4.98 Å². The monoisotopic (exact) mass is 270 g/mol. The number of rotatable bonds is 1. The zero-order valence-corrected chi connectivity index (χ0v) is 9.85. The second-order valence-electron chi connectivity index (χ2n) is 3.01. The number of benzene rings is 1. The third kappa shape index (κ3) is 1.99. The van der Waals surface area contributed by atoms with E-state index < -0.39 is 0 Å². The maximum atomic E-state index is 5.76. The molecule has 72 valence electrons. The molecule has 0 aliphatic rings. The average Bonchev–Trinajstić information content (AvgIpc) is 2.44.